The Morgan fingerprint density at radius 2 is 2.05 bits per heavy atom. The molecule has 3 rings (SSSR count). The molecule has 5 heteroatoms. The number of ether oxygens (including phenoxy) is 2. The molecule has 1 aliphatic heterocycles. The average Bonchev–Trinajstić information content (AvgIpc) is 2.41. The molecule has 1 aromatic rings. The van der Waals surface area contributed by atoms with E-state index in [1.165, 1.54) is 19.3 Å². The molecule has 1 amide bonds. The molecule has 0 radical (unpaired) electrons. The maximum Gasteiger partial charge on any atom is 0.262 e. The van der Waals surface area contributed by atoms with Gasteiger partial charge in [-0.05, 0) is 25.7 Å². The van der Waals surface area contributed by atoms with Crippen LogP contribution in [0.15, 0.2) is 12.1 Å². The first-order valence-corrected chi connectivity index (χ1v) is 6.75. The number of rotatable bonds is 2. The summed E-state index contributed by atoms with van der Waals surface area (Å²) in [6.45, 7) is 0.0370. The van der Waals surface area contributed by atoms with E-state index in [-0.39, 0.29) is 18.6 Å². The summed E-state index contributed by atoms with van der Waals surface area (Å²) in [5, 5.41) is 2.77. The largest absolute Gasteiger partial charge is 0.488 e. The molecule has 19 heavy (non-hydrogen) atoms. The lowest BCUT2D eigenvalue weighted by Gasteiger charge is -2.25. The van der Waals surface area contributed by atoms with Gasteiger partial charge in [-0.3, -0.25) is 4.79 Å². The van der Waals surface area contributed by atoms with Gasteiger partial charge in [0.25, 0.3) is 5.91 Å². The van der Waals surface area contributed by atoms with Crippen LogP contribution in [0.2, 0.25) is 0 Å². The van der Waals surface area contributed by atoms with Crippen molar-refractivity contribution in [1.29, 1.82) is 0 Å². The number of hydrogen-bond donors (Lipinski definition) is 2. The van der Waals surface area contributed by atoms with Gasteiger partial charge in [-0.1, -0.05) is 6.42 Å². The van der Waals surface area contributed by atoms with E-state index < -0.39 is 0 Å². The van der Waals surface area contributed by atoms with Crippen molar-refractivity contribution < 1.29 is 14.3 Å². The van der Waals surface area contributed by atoms with Crippen LogP contribution in [-0.2, 0) is 4.79 Å². The average molecular weight is 262 g/mol. The van der Waals surface area contributed by atoms with E-state index in [4.69, 9.17) is 15.2 Å². The minimum Gasteiger partial charge on any atom is -0.488 e. The highest BCUT2D eigenvalue weighted by Crippen LogP contribution is 2.37. The fourth-order valence-corrected chi connectivity index (χ4v) is 2.59. The molecule has 0 saturated heterocycles. The summed E-state index contributed by atoms with van der Waals surface area (Å²) in [7, 11) is 0. The van der Waals surface area contributed by atoms with Gasteiger partial charge in [-0.15, -0.1) is 0 Å². The van der Waals surface area contributed by atoms with E-state index in [2.05, 4.69) is 5.32 Å². The van der Waals surface area contributed by atoms with Crippen LogP contribution >= 0.6 is 0 Å². The Labute approximate surface area is 112 Å². The molecule has 1 saturated carbocycles. The Kier molecular flexibility index (Phi) is 3.19. The lowest BCUT2D eigenvalue weighted by atomic mass is 9.98. The van der Waals surface area contributed by atoms with Crippen LogP contribution in [-0.4, -0.2) is 18.6 Å². The molecule has 0 unspecified atom stereocenters. The number of amides is 1. The van der Waals surface area contributed by atoms with E-state index in [0.29, 0.717) is 22.9 Å². The summed E-state index contributed by atoms with van der Waals surface area (Å²) >= 11 is 0. The summed E-state index contributed by atoms with van der Waals surface area (Å²) in [4.78, 5) is 11.3. The van der Waals surface area contributed by atoms with Gasteiger partial charge in [0.1, 0.15) is 11.5 Å². The Hall–Kier alpha value is -1.91. The third-order valence-electron chi connectivity index (χ3n) is 3.59. The van der Waals surface area contributed by atoms with Crippen LogP contribution < -0.4 is 20.5 Å². The number of anilines is 2. The highest BCUT2D eigenvalue weighted by Gasteiger charge is 2.21. The third kappa shape index (κ3) is 2.59. The predicted octanol–water partition coefficient (Wildman–Crippen LogP) is 2.31. The van der Waals surface area contributed by atoms with Crippen molar-refractivity contribution in [3.63, 3.8) is 0 Å². The van der Waals surface area contributed by atoms with Crippen molar-refractivity contribution in [2.24, 2.45) is 0 Å². The SMILES string of the molecule is Nc1cc2c(cc1OC1CCCCC1)NC(=O)CO2. The van der Waals surface area contributed by atoms with Crippen molar-refractivity contribution in [3.8, 4) is 11.5 Å². The van der Waals surface area contributed by atoms with Crippen molar-refractivity contribution in [1.82, 2.24) is 0 Å². The molecule has 1 aromatic carbocycles. The van der Waals surface area contributed by atoms with Crippen LogP contribution in [0, 0.1) is 0 Å². The monoisotopic (exact) mass is 262 g/mol. The van der Waals surface area contributed by atoms with E-state index in [1.807, 2.05) is 0 Å². The molecule has 0 atom stereocenters. The molecule has 3 N–H and O–H groups in total. The first kappa shape index (κ1) is 12.1. The summed E-state index contributed by atoms with van der Waals surface area (Å²) in [6.07, 6.45) is 6.06. The zero-order valence-electron chi connectivity index (χ0n) is 10.8. The predicted molar refractivity (Wildman–Crippen MR) is 72.5 cm³/mol. The van der Waals surface area contributed by atoms with Gasteiger partial charge >= 0.3 is 0 Å². The second-order valence-electron chi connectivity index (χ2n) is 5.10. The fourth-order valence-electron chi connectivity index (χ4n) is 2.59. The molecule has 0 spiro atoms. The summed E-state index contributed by atoms with van der Waals surface area (Å²) in [5.74, 6) is 1.09. The van der Waals surface area contributed by atoms with Gasteiger partial charge in [0.2, 0.25) is 0 Å². The van der Waals surface area contributed by atoms with Gasteiger partial charge in [0.05, 0.1) is 17.5 Å². The minimum atomic E-state index is -0.152. The smallest absolute Gasteiger partial charge is 0.262 e. The summed E-state index contributed by atoms with van der Waals surface area (Å²) in [5.41, 5.74) is 7.17. The maximum absolute atomic E-state index is 11.3. The van der Waals surface area contributed by atoms with Crippen LogP contribution in [0.25, 0.3) is 0 Å². The Bertz CT molecular complexity index is 496. The van der Waals surface area contributed by atoms with Crippen LogP contribution in [0.1, 0.15) is 32.1 Å². The lowest BCUT2D eigenvalue weighted by molar-refractivity contribution is -0.118. The van der Waals surface area contributed by atoms with Crippen LogP contribution in [0.4, 0.5) is 11.4 Å². The van der Waals surface area contributed by atoms with E-state index in [0.717, 1.165) is 12.8 Å². The molecule has 1 heterocycles. The number of carbonyl (C=O) groups excluding carboxylic acids is 1. The van der Waals surface area contributed by atoms with Crippen molar-refractivity contribution in [2.45, 2.75) is 38.2 Å². The number of nitrogen functional groups attached to an aromatic ring is 1. The zero-order valence-corrected chi connectivity index (χ0v) is 10.8. The summed E-state index contributed by atoms with van der Waals surface area (Å²) < 4.78 is 11.3. The number of carbonyl (C=O) groups is 1. The first-order chi connectivity index (χ1) is 9.22. The number of nitrogens with two attached hydrogens (primary N) is 1. The highest BCUT2D eigenvalue weighted by molar-refractivity contribution is 5.96. The minimum absolute atomic E-state index is 0.0370. The van der Waals surface area contributed by atoms with Crippen molar-refractivity contribution in [3.05, 3.63) is 12.1 Å². The van der Waals surface area contributed by atoms with Crippen LogP contribution in [0.5, 0.6) is 11.5 Å². The Balaban J connectivity index is 1.80. The number of nitrogens with one attached hydrogen (secondary N) is 1. The molecule has 0 bridgehead atoms. The zero-order chi connectivity index (χ0) is 13.2. The Morgan fingerprint density at radius 1 is 1.26 bits per heavy atom. The number of benzene rings is 1. The van der Waals surface area contributed by atoms with Gasteiger partial charge in [0, 0.05) is 12.1 Å². The quantitative estimate of drug-likeness (QED) is 0.802. The molecule has 102 valence electrons. The van der Waals surface area contributed by atoms with E-state index in [1.54, 1.807) is 12.1 Å². The number of fused-ring (bicyclic) bond motifs is 1. The highest BCUT2D eigenvalue weighted by atomic mass is 16.5. The van der Waals surface area contributed by atoms with E-state index >= 15 is 0 Å². The standard InChI is InChI=1S/C14H18N2O3/c15-10-6-13-11(16-14(17)8-18-13)7-12(10)19-9-4-2-1-3-5-9/h6-7,9H,1-5,8,15H2,(H,16,17). The molecule has 1 fully saturated rings. The molecular formula is C14H18N2O3. The van der Waals surface area contributed by atoms with Crippen LogP contribution in [0.3, 0.4) is 0 Å². The normalized spacial score (nSPS) is 19.3. The second-order valence-corrected chi connectivity index (χ2v) is 5.10. The Morgan fingerprint density at radius 3 is 2.84 bits per heavy atom. The van der Waals surface area contributed by atoms with Crippen molar-refractivity contribution >= 4 is 17.3 Å². The molecular weight excluding hydrogens is 244 g/mol. The van der Waals surface area contributed by atoms with Gasteiger partial charge < -0.3 is 20.5 Å². The van der Waals surface area contributed by atoms with Gasteiger partial charge in [0.15, 0.2) is 6.61 Å². The lowest BCUT2D eigenvalue weighted by Crippen LogP contribution is -2.26. The fraction of sp³-hybridized carbons (Fsp3) is 0.500. The molecule has 0 aromatic heterocycles. The number of hydrogen-bond acceptors (Lipinski definition) is 4. The third-order valence-corrected chi connectivity index (χ3v) is 3.59. The second kappa shape index (κ2) is 4.99. The van der Waals surface area contributed by atoms with E-state index in [9.17, 15) is 4.79 Å². The first-order valence-electron chi connectivity index (χ1n) is 6.75. The molecule has 5 nitrogen and oxygen atoms in total. The maximum atomic E-state index is 11.3. The van der Waals surface area contributed by atoms with Gasteiger partial charge in [-0.2, -0.15) is 0 Å². The molecule has 1 aliphatic carbocycles. The topological polar surface area (TPSA) is 73.6 Å². The molecule has 2 aliphatic rings. The van der Waals surface area contributed by atoms with Crippen molar-refractivity contribution in [2.75, 3.05) is 17.7 Å². The van der Waals surface area contributed by atoms with Gasteiger partial charge in [-0.25, -0.2) is 0 Å². The summed E-state index contributed by atoms with van der Waals surface area (Å²) in [6, 6.07) is 3.48.